The van der Waals surface area contributed by atoms with Gasteiger partial charge in [0.2, 0.25) is 10.0 Å². The molecule has 0 bridgehead atoms. The molecule has 0 N–H and O–H groups in total. The fourth-order valence-corrected chi connectivity index (χ4v) is 3.41. The fraction of sp³-hybridized carbons (Fsp3) is 0.200. The Kier molecular flexibility index (Phi) is 4.52. The fourth-order valence-electron chi connectivity index (χ4n) is 1.95. The van der Waals surface area contributed by atoms with Crippen LogP contribution in [0.4, 0.5) is 4.39 Å². The summed E-state index contributed by atoms with van der Waals surface area (Å²) in [6, 6.07) is 14.2. The summed E-state index contributed by atoms with van der Waals surface area (Å²) in [5.41, 5.74) is 0.631. The summed E-state index contributed by atoms with van der Waals surface area (Å²) >= 11 is 0. The monoisotopic (exact) mass is 293 g/mol. The largest absolute Gasteiger partial charge is 0.243 e. The highest BCUT2D eigenvalue weighted by molar-refractivity contribution is 7.89. The first-order valence-corrected chi connectivity index (χ1v) is 7.77. The van der Waals surface area contributed by atoms with Gasteiger partial charge in [0.05, 0.1) is 4.90 Å². The predicted octanol–water partition coefficient (Wildman–Crippen LogP) is 3.04. The number of nitrogens with zero attached hydrogens (tertiary/aromatic N) is 1. The molecule has 0 radical (unpaired) electrons. The summed E-state index contributed by atoms with van der Waals surface area (Å²) in [6.07, 6.45) is 0. The molecule has 0 aliphatic carbocycles. The molecule has 0 amide bonds. The zero-order valence-corrected chi connectivity index (χ0v) is 12.0. The quantitative estimate of drug-likeness (QED) is 0.849. The van der Waals surface area contributed by atoms with Gasteiger partial charge in [-0.3, -0.25) is 0 Å². The van der Waals surface area contributed by atoms with Gasteiger partial charge in [-0.25, -0.2) is 12.8 Å². The molecule has 3 nitrogen and oxygen atoms in total. The van der Waals surface area contributed by atoms with E-state index >= 15 is 0 Å². The number of rotatable bonds is 5. The Bertz CT molecular complexity index is 671. The molecule has 0 aliphatic heterocycles. The standard InChI is InChI=1S/C15H16FNO2S/c1-2-17(12-13-7-6-8-14(16)11-13)20(18,19)15-9-4-3-5-10-15/h3-11H,2,12H2,1H3. The molecule has 0 fully saturated rings. The van der Waals surface area contributed by atoms with Crippen LogP contribution in [0.3, 0.4) is 0 Å². The minimum Gasteiger partial charge on any atom is -0.207 e. The molecule has 0 spiro atoms. The van der Waals surface area contributed by atoms with Gasteiger partial charge < -0.3 is 0 Å². The summed E-state index contributed by atoms with van der Waals surface area (Å²) in [6.45, 7) is 2.25. The first-order chi connectivity index (χ1) is 9.54. The maximum atomic E-state index is 13.2. The van der Waals surface area contributed by atoms with Gasteiger partial charge >= 0.3 is 0 Å². The SMILES string of the molecule is CCN(Cc1cccc(F)c1)S(=O)(=O)c1ccccc1. The van der Waals surface area contributed by atoms with Gasteiger partial charge in [-0.15, -0.1) is 0 Å². The lowest BCUT2D eigenvalue weighted by atomic mass is 10.2. The molecule has 2 rings (SSSR count). The van der Waals surface area contributed by atoms with Crippen LogP contribution < -0.4 is 0 Å². The van der Waals surface area contributed by atoms with Crippen molar-refractivity contribution in [3.8, 4) is 0 Å². The van der Waals surface area contributed by atoms with E-state index in [0.29, 0.717) is 12.1 Å². The van der Waals surface area contributed by atoms with Crippen molar-refractivity contribution in [3.05, 3.63) is 66.0 Å². The van der Waals surface area contributed by atoms with Crippen molar-refractivity contribution in [2.75, 3.05) is 6.54 Å². The topological polar surface area (TPSA) is 37.4 Å². The maximum absolute atomic E-state index is 13.2. The zero-order chi connectivity index (χ0) is 14.6. The van der Waals surface area contributed by atoms with Crippen LogP contribution in [0.5, 0.6) is 0 Å². The summed E-state index contributed by atoms with van der Waals surface area (Å²) in [4.78, 5) is 0.248. The van der Waals surface area contributed by atoms with Crippen LogP contribution in [-0.2, 0) is 16.6 Å². The number of halogens is 1. The maximum Gasteiger partial charge on any atom is 0.243 e. The van der Waals surface area contributed by atoms with E-state index in [0.717, 1.165) is 0 Å². The van der Waals surface area contributed by atoms with Crippen LogP contribution >= 0.6 is 0 Å². The minimum atomic E-state index is -3.55. The number of benzene rings is 2. The van der Waals surface area contributed by atoms with Gasteiger partial charge in [-0.05, 0) is 29.8 Å². The molecule has 0 saturated carbocycles. The molecule has 0 saturated heterocycles. The molecule has 2 aromatic carbocycles. The van der Waals surface area contributed by atoms with Crippen molar-refractivity contribution in [1.29, 1.82) is 0 Å². The summed E-state index contributed by atoms with van der Waals surface area (Å²) < 4.78 is 39.5. The predicted molar refractivity (Wildman–Crippen MR) is 76.1 cm³/mol. The van der Waals surface area contributed by atoms with Gasteiger partial charge in [0.15, 0.2) is 0 Å². The highest BCUT2D eigenvalue weighted by atomic mass is 32.2. The molecule has 0 aromatic heterocycles. The summed E-state index contributed by atoms with van der Waals surface area (Å²) in [5.74, 6) is -0.365. The van der Waals surface area contributed by atoms with Crippen molar-refractivity contribution in [2.45, 2.75) is 18.4 Å². The van der Waals surface area contributed by atoms with E-state index in [-0.39, 0.29) is 17.3 Å². The molecule has 5 heteroatoms. The average molecular weight is 293 g/mol. The first kappa shape index (κ1) is 14.7. The van der Waals surface area contributed by atoms with Crippen molar-refractivity contribution >= 4 is 10.0 Å². The van der Waals surface area contributed by atoms with Crippen LogP contribution in [0, 0.1) is 5.82 Å². The minimum absolute atomic E-state index is 0.158. The molecule has 106 valence electrons. The summed E-state index contributed by atoms with van der Waals surface area (Å²) in [7, 11) is -3.55. The Morgan fingerprint density at radius 1 is 1.05 bits per heavy atom. The number of sulfonamides is 1. The van der Waals surface area contributed by atoms with E-state index < -0.39 is 10.0 Å². The third-order valence-corrected chi connectivity index (χ3v) is 4.92. The second-order valence-electron chi connectivity index (χ2n) is 4.37. The van der Waals surface area contributed by atoms with Crippen LogP contribution in [0.15, 0.2) is 59.5 Å². The molecular formula is C15H16FNO2S. The van der Waals surface area contributed by atoms with Crippen molar-refractivity contribution in [1.82, 2.24) is 4.31 Å². The lowest BCUT2D eigenvalue weighted by Gasteiger charge is -2.20. The summed E-state index contributed by atoms with van der Waals surface area (Å²) in [5, 5.41) is 0. The van der Waals surface area contributed by atoms with Gasteiger partial charge in [-0.2, -0.15) is 4.31 Å². The lowest BCUT2D eigenvalue weighted by molar-refractivity contribution is 0.422. The third-order valence-electron chi connectivity index (χ3n) is 2.98. The Hall–Kier alpha value is -1.72. The highest BCUT2D eigenvalue weighted by Crippen LogP contribution is 2.18. The molecule has 0 heterocycles. The normalized spacial score (nSPS) is 11.8. The van der Waals surface area contributed by atoms with E-state index in [2.05, 4.69) is 0 Å². The van der Waals surface area contributed by atoms with Gasteiger partial charge in [0.1, 0.15) is 5.82 Å². The Labute approximate surface area is 118 Å². The van der Waals surface area contributed by atoms with E-state index in [1.54, 1.807) is 49.4 Å². The van der Waals surface area contributed by atoms with Gasteiger partial charge in [-0.1, -0.05) is 37.3 Å². The lowest BCUT2D eigenvalue weighted by Crippen LogP contribution is -2.30. The Morgan fingerprint density at radius 2 is 1.75 bits per heavy atom. The molecular weight excluding hydrogens is 277 g/mol. The van der Waals surface area contributed by atoms with E-state index in [9.17, 15) is 12.8 Å². The van der Waals surface area contributed by atoms with Gasteiger partial charge in [0, 0.05) is 13.1 Å². The van der Waals surface area contributed by atoms with Crippen molar-refractivity contribution in [2.24, 2.45) is 0 Å². The second-order valence-corrected chi connectivity index (χ2v) is 6.31. The number of hydrogen-bond acceptors (Lipinski definition) is 2. The Morgan fingerprint density at radius 3 is 2.35 bits per heavy atom. The zero-order valence-electron chi connectivity index (χ0n) is 11.2. The second kappa shape index (κ2) is 6.15. The first-order valence-electron chi connectivity index (χ1n) is 6.33. The van der Waals surface area contributed by atoms with Gasteiger partial charge in [0.25, 0.3) is 0 Å². The molecule has 0 aliphatic rings. The molecule has 2 aromatic rings. The van der Waals surface area contributed by atoms with Crippen molar-refractivity contribution < 1.29 is 12.8 Å². The van der Waals surface area contributed by atoms with E-state index in [4.69, 9.17) is 0 Å². The highest BCUT2D eigenvalue weighted by Gasteiger charge is 2.22. The average Bonchev–Trinajstić information content (AvgIpc) is 2.45. The van der Waals surface area contributed by atoms with Crippen LogP contribution in [0.2, 0.25) is 0 Å². The molecule has 20 heavy (non-hydrogen) atoms. The van der Waals surface area contributed by atoms with Crippen LogP contribution in [-0.4, -0.2) is 19.3 Å². The number of hydrogen-bond donors (Lipinski definition) is 0. The van der Waals surface area contributed by atoms with E-state index in [1.165, 1.54) is 16.4 Å². The molecule has 0 atom stereocenters. The third kappa shape index (κ3) is 3.23. The molecule has 0 unspecified atom stereocenters. The van der Waals surface area contributed by atoms with Crippen LogP contribution in [0.1, 0.15) is 12.5 Å². The Balaban J connectivity index is 2.29. The van der Waals surface area contributed by atoms with E-state index in [1.807, 2.05) is 0 Å². The van der Waals surface area contributed by atoms with Crippen molar-refractivity contribution in [3.63, 3.8) is 0 Å². The smallest absolute Gasteiger partial charge is 0.207 e. The van der Waals surface area contributed by atoms with Crippen LogP contribution in [0.25, 0.3) is 0 Å².